The molecule has 0 aliphatic carbocycles. The van der Waals surface area contributed by atoms with Crippen molar-refractivity contribution >= 4 is 23.2 Å². The summed E-state index contributed by atoms with van der Waals surface area (Å²) in [5.74, 6) is -0.824. The van der Waals surface area contributed by atoms with E-state index in [0.717, 1.165) is 29.7 Å². The molecule has 5 heteroatoms. The van der Waals surface area contributed by atoms with Crippen LogP contribution in [0.15, 0.2) is 42.5 Å². The first kappa shape index (κ1) is 18.2. The number of carbonyl (C=O) groups is 2. The van der Waals surface area contributed by atoms with E-state index in [1.165, 1.54) is 0 Å². The zero-order chi connectivity index (χ0) is 18.2. The lowest BCUT2D eigenvalue weighted by Crippen LogP contribution is -2.22. The molecule has 0 fully saturated rings. The highest BCUT2D eigenvalue weighted by Gasteiger charge is 2.14. The van der Waals surface area contributed by atoms with Gasteiger partial charge in [-0.1, -0.05) is 44.2 Å². The van der Waals surface area contributed by atoms with Gasteiger partial charge in [0.1, 0.15) is 12.5 Å². The van der Waals surface area contributed by atoms with E-state index in [-0.39, 0.29) is 12.3 Å². The summed E-state index contributed by atoms with van der Waals surface area (Å²) in [6, 6.07) is 14.6. The molecule has 0 atom stereocenters. The van der Waals surface area contributed by atoms with Gasteiger partial charge >= 0.3 is 0 Å². The number of amides is 2. The average Bonchev–Trinajstić information content (AvgIpc) is 2.62. The first-order chi connectivity index (χ1) is 12.1. The fourth-order valence-corrected chi connectivity index (χ4v) is 2.62. The summed E-state index contributed by atoms with van der Waals surface area (Å²) in [4.78, 5) is 24.4. The summed E-state index contributed by atoms with van der Waals surface area (Å²) in [5.41, 5.74) is 3.65. The normalized spacial score (nSPS) is 9.96. The number of rotatable bonds is 6. The zero-order valence-electron chi connectivity index (χ0n) is 14.4. The molecular weight excluding hydrogens is 314 g/mol. The van der Waals surface area contributed by atoms with E-state index in [2.05, 4.69) is 10.6 Å². The van der Waals surface area contributed by atoms with Crippen LogP contribution in [-0.2, 0) is 22.4 Å². The van der Waals surface area contributed by atoms with E-state index < -0.39 is 5.91 Å². The number of hydrogen-bond donors (Lipinski definition) is 2. The summed E-state index contributed by atoms with van der Waals surface area (Å²) in [6.45, 7) is 4.05. The molecule has 128 valence electrons. The minimum absolute atomic E-state index is 0.305. The lowest BCUT2D eigenvalue weighted by atomic mass is 10.0. The van der Waals surface area contributed by atoms with Gasteiger partial charge in [0.15, 0.2) is 0 Å². The second-order valence-corrected chi connectivity index (χ2v) is 5.59. The molecule has 0 radical (unpaired) electrons. The molecule has 0 aliphatic heterocycles. The third-order valence-electron chi connectivity index (χ3n) is 3.91. The van der Waals surface area contributed by atoms with E-state index in [1.54, 1.807) is 24.3 Å². The van der Waals surface area contributed by atoms with Gasteiger partial charge in [-0.05, 0) is 36.1 Å². The van der Waals surface area contributed by atoms with Crippen LogP contribution in [-0.4, -0.2) is 11.8 Å². The Morgan fingerprint density at radius 3 is 2.12 bits per heavy atom. The van der Waals surface area contributed by atoms with Crippen LogP contribution in [0, 0.1) is 11.3 Å². The topological polar surface area (TPSA) is 82.0 Å². The van der Waals surface area contributed by atoms with Crippen LogP contribution in [0.3, 0.4) is 0 Å². The number of anilines is 2. The van der Waals surface area contributed by atoms with E-state index in [0.29, 0.717) is 11.3 Å². The highest BCUT2D eigenvalue weighted by molar-refractivity contribution is 6.08. The van der Waals surface area contributed by atoms with Gasteiger partial charge in [-0.3, -0.25) is 9.59 Å². The Labute approximate surface area is 147 Å². The fraction of sp³-hybridized carbons (Fsp3) is 0.250. The quantitative estimate of drug-likeness (QED) is 0.791. The first-order valence-corrected chi connectivity index (χ1v) is 8.28. The van der Waals surface area contributed by atoms with E-state index in [9.17, 15) is 9.59 Å². The lowest BCUT2D eigenvalue weighted by Gasteiger charge is -2.14. The Kier molecular flexibility index (Phi) is 6.30. The highest BCUT2D eigenvalue weighted by Crippen LogP contribution is 2.23. The second kappa shape index (κ2) is 8.65. The van der Waals surface area contributed by atoms with Gasteiger partial charge in [0.2, 0.25) is 11.8 Å². The van der Waals surface area contributed by atoms with Gasteiger partial charge in [0, 0.05) is 5.69 Å². The summed E-state index contributed by atoms with van der Waals surface area (Å²) >= 11 is 0. The maximum Gasteiger partial charge on any atom is 0.233 e. The van der Waals surface area contributed by atoms with E-state index in [4.69, 9.17) is 5.26 Å². The van der Waals surface area contributed by atoms with Gasteiger partial charge in [-0.15, -0.1) is 0 Å². The van der Waals surface area contributed by atoms with E-state index in [1.807, 2.05) is 38.1 Å². The van der Waals surface area contributed by atoms with Gasteiger partial charge in [-0.2, -0.15) is 5.26 Å². The molecular formula is C20H21N3O2. The smallest absolute Gasteiger partial charge is 0.233 e. The van der Waals surface area contributed by atoms with Gasteiger partial charge in [0.25, 0.3) is 0 Å². The SMILES string of the molecule is CCc1cccc(CC)c1NC(=O)CC(=O)Nc1ccccc1C#N. The molecule has 0 spiro atoms. The Bertz CT molecular complexity index is 800. The molecule has 25 heavy (non-hydrogen) atoms. The molecule has 2 aromatic rings. The molecule has 2 N–H and O–H groups in total. The third-order valence-corrected chi connectivity index (χ3v) is 3.91. The van der Waals surface area contributed by atoms with Gasteiger partial charge in [0.05, 0.1) is 11.3 Å². The van der Waals surface area contributed by atoms with Crippen LogP contribution in [0.4, 0.5) is 11.4 Å². The van der Waals surface area contributed by atoms with Gasteiger partial charge < -0.3 is 10.6 Å². The molecule has 0 unspecified atom stereocenters. The standard InChI is InChI=1S/C20H21N3O2/c1-3-14-9-7-10-15(4-2)20(14)23-19(25)12-18(24)22-17-11-6-5-8-16(17)13-21/h5-11H,3-4,12H2,1-2H3,(H,22,24)(H,23,25). The lowest BCUT2D eigenvalue weighted by molar-refractivity contribution is -0.123. The Morgan fingerprint density at radius 2 is 1.52 bits per heavy atom. The Balaban J connectivity index is 2.06. The molecule has 5 nitrogen and oxygen atoms in total. The van der Waals surface area contributed by atoms with Crippen LogP contribution in [0.1, 0.15) is 37.0 Å². The predicted molar refractivity (Wildman–Crippen MR) is 98.2 cm³/mol. The summed E-state index contributed by atoms with van der Waals surface area (Å²) in [5, 5.41) is 14.5. The van der Waals surface area contributed by atoms with E-state index >= 15 is 0 Å². The van der Waals surface area contributed by atoms with Crippen molar-refractivity contribution in [3.8, 4) is 6.07 Å². The van der Waals surface area contributed by atoms with Crippen molar-refractivity contribution in [3.05, 3.63) is 59.2 Å². The number of benzene rings is 2. The van der Waals surface area contributed by atoms with Crippen LogP contribution >= 0.6 is 0 Å². The van der Waals surface area contributed by atoms with Crippen LogP contribution < -0.4 is 10.6 Å². The molecule has 0 aliphatic rings. The van der Waals surface area contributed by atoms with Crippen molar-refractivity contribution in [2.45, 2.75) is 33.1 Å². The Hall–Kier alpha value is -3.13. The summed E-state index contributed by atoms with van der Waals surface area (Å²) in [7, 11) is 0. The largest absolute Gasteiger partial charge is 0.325 e. The number of aryl methyl sites for hydroxylation is 2. The van der Waals surface area contributed by atoms with Crippen LogP contribution in [0.5, 0.6) is 0 Å². The monoisotopic (exact) mass is 335 g/mol. The second-order valence-electron chi connectivity index (χ2n) is 5.59. The average molecular weight is 335 g/mol. The predicted octanol–water partition coefficient (Wildman–Crippen LogP) is 3.65. The summed E-state index contributed by atoms with van der Waals surface area (Å²) in [6.07, 6.45) is 1.29. The fourth-order valence-electron chi connectivity index (χ4n) is 2.62. The number of hydrogen-bond acceptors (Lipinski definition) is 3. The third kappa shape index (κ3) is 4.67. The number of nitrogens with one attached hydrogen (secondary N) is 2. The molecule has 2 rings (SSSR count). The number of carbonyl (C=O) groups excluding carboxylic acids is 2. The molecule has 0 saturated heterocycles. The maximum absolute atomic E-state index is 12.3. The highest BCUT2D eigenvalue weighted by atomic mass is 16.2. The maximum atomic E-state index is 12.3. The Morgan fingerprint density at radius 1 is 0.920 bits per heavy atom. The van der Waals surface area contributed by atoms with Crippen molar-refractivity contribution in [3.63, 3.8) is 0 Å². The van der Waals surface area contributed by atoms with Crippen molar-refractivity contribution in [1.82, 2.24) is 0 Å². The minimum atomic E-state index is -0.452. The number of nitrogens with zero attached hydrogens (tertiary/aromatic N) is 1. The molecule has 0 bridgehead atoms. The first-order valence-electron chi connectivity index (χ1n) is 8.28. The molecule has 0 saturated carbocycles. The summed E-state index contributed by atoms with van der Waals surface area (Å²) < 4.78 is 0. The molecule has 0 aromatic heterocycles. The number of para-hydroxylation sites is 2. The van der Waals surface area contributed by atoms with Crippen LogP contribution in [0.2, 0.25) is 0 Å². The zero-order valence-corrected chi connectivity index (χ0v) is 14.4. The molecule has 0 heterocycles. The van der Waals surface area contributed by atoms with Crippen molar-refractivity contribution in [2.24, 2.45) is 0 Å². The molecule has 2 amide bonds. The van der Waals surface area contributed by atoms with Crippen LogP contribution in [0.25, 0.3) is 0 Å². The van der Waals surface area contributed by atoms with Gasteiger partial charge in [-0.25, -0.2) is 0 Å². The van der Waals surface area contributed by atoms with Crippen molar-refractivity contribution in [2.75, 3.05) is 10.6 Å². The number of nitriles is 1. The molecule has 2 aromatic carbocycles. The van der Waals surface area contributed by atoms with Crippen molar-refractivity contribution in [1.29, 1.82) is 5.26 Å². The minimum Gasteiger partial charge on any atom is -0.325 e. The van der Waals surface area contributed by atoms with Crippen molar-refractivity contribution < 1.29 is 9.59 Å².